The normalized spacial score (nSPS) is 32.1. The van der Waals surface area contributed by atoms with Crippen molar-refractivity contribution in [3.8, 4) is 0 Å². The van der Waals surface area contributed by atoms with Crippen molar-refractivity contribution in [3.63, 3.8) is 0 Å². The number of ketones is 1. The highest BCUT2D eigenvalue weighted by Gasteiger charge is 2.57. The maximum atomic E-state index is 12.9. The Hall–Kier alpha value is -2.27. The van der Waals surface area contributed by atoms with Crippen LogP contribution in [-0.2, 0) is 68.0 Å². The molecule has 4 rings (SSSR count). The lowest BCUT2D eigenvalue weighted by atomic mass is 9.97. The van der Waals surface area contributed by atoms with Gasteiger partial charge in [0.1, 0.15) is 42.4 Å². The summed E-state index contributed by atoms with van der Waals surface area (Å²) < 4.78 is 61.6. The fourth-order valence-corrected chi connectivity index (χ4v) is 6.71. The summed E-state index contributed by atoms with van der Waals surface area (Å²) in [7, 11) is 0.667. The first-order valence-corrected chi connectivity index (χ1v) is 19.3. The van der Waals surface area contributed by atoms with Gasteiger partial charge in [0.2, 0.25) is 0 Å². The molecule has 3 aliphatic heterocycles. The largest absolute Gasteiger partial charge is 0.457 e. The van der Waals surface area contributed by atoms with Crippen molar-refractivity contribution in [3.05, 3.63) is 35.9 Å². The molecule has 2 bridgehead atoms. The topological polar surface area (TPSA) is 144 Å². The van der Waals surface area contributed by atoms with Crippen molar-refractivity contribution in [2.75, 3.05) is 27.4 Å². The molecule has 13 nitrogen and oxygen atoms in total. The average molecular weight is 697 g/mol. The SMILES string of the molecule is CO[C@@H]1[C@@H](OC)[C@H](O[C@H]2[C@H](OC(C)=O)[C@@H](OCc3ccccc3)[C@@H]3OC[C@H]2O3)O[C@H](CO[Si](C)(C)C(C)(C)C)[C@H]1OC(=O)CCC(C)=O. The van der Waals surface area contributed by atoms with E-state index in [9.17, 15) is 14.4 Å². The molecular weight excluding hydrogens is 644 g/mol. The summed E-state index contributed by atoms with van der Waals surface area (Å²) in [5.74, 6) is -1.23. The van der Waals surface area contributed by atoms with Gasteiger partial charge in [-0.05, 0) is 30.6 Å². The lowest BCUT2D eigenvalue weighted by Crippen LogP contribution is -2.65. The van der Waals surface area contributed by atoms with E-state index in [0.29, 0.717) is 0 Å². The van der Waals surface area contributed by atoms with E-state index in [4.69, 9.17) is 47.1 Å². The second kappa shape index (κ2) is 16.6. The van der Waals surface area contributed by atoms with Crippen LogP contribution in [0.2, 0.25) is 18.1 Å². The summed E-state index contributed by atoms with van der Waals surface area (Å²) >= 11 is 0. The summed E-state index contributed by atoms with van der Waals surface area (Å²) in [6.07, 6.45) is -8.66. The van der Waals surface area contributed by atoms with Crippen LogP contribution in [0.15, 0.2) is 30.3 Å². The van der Waals surface area contributed by atoms with E-state index in [2.05, 4.69) is 33.9 Å². The maximum absolute atomic E-state index is 12.9. The smallest absolute Gasteiger partial charge is 0.306 e. The van der Waals surface area contributed by atoms with Crippen LogP contribution < -0.4 is 0 Å². The van der Waals surface area contributed by atoms with Gasteiger partial charge in [-0.3, -0.25) is 9.59 Å². The van der Waals surface area contributed by atoms with Gasteiger partial charge in [-0.15, -0.1) is 0 Å². The van der Waals surface area contributed by atoms with E-state index in [1.807, 2.05) is 30.3 Å². The van der Waals surface area contributed by atoms with E-state index in [0.717, 1.165) is 5.56 Å². The van der Waals surface area contributed by atoms with Crippen molar-refractivity contribution in [1.82, 2.24) is 0 Å². The number of carbonyl (C=O) groups is 3. The molecule has 48 heavy (non-hydrogen) atoms. The van der Waals surface area contributed by atoms with E-state index < -0.39 is 81.7 Å². The Morgan fingerprint density at radius 1 is 0.854 bits per heavy atom. The number of carbonyl (C=O) groups excluding carboxylic acids is 3. The Kier molecular flexibility index (Phi) is 13.3. The predicted octanol–water partition coefficient (Wildman–Crippen LogP) is 3.70. The van der Waals surface area contributed by atoms with Crippen LogP contribution >= 0.6 is 0 Å². The van der Waals surface area contributed by atoms with Gasteiger partial charge in [-0.2, -0.15) is 0 Å². The van der Waals surface area contributed by atoms with Gasteiger partial charge >= 0.3 is 11.9 Å². The number of fused-ring (bicyclic) bond motifs is 2. The Balaban J connectivity index is 1.62. The van der Waals surface area contributed by atoms with Crippen LogP contribution in [0.5, 0.6) is 0 Å². The molecule has 1 aromatic carbocycles. The Bertz CT molecular complexity index is 1220. The molecule has 3 saturated heterocycles. The summed E-state index contributed by atoms with van der Waals surface area (Å²) in [6, 6.07) is 9.58. The highest BCUT2D eigenvalue weighted by Crippen LogP contribution is 2.40. The van der Waals surface area contributed by atoms with Crippen LogP contribution in [0.3, 0.4) is 0 Å². The molecule has 0 saturated carbocycles. The summed E-state index contributed by atoms with van der Waals surface area (Å²) in [6.45, 7) is 13.8. The van der Waals surface area contributed by atoms with E-state index in [1.165, 1.54) is 28.1 Å². The lowest BCUT2D eigenvalue weighted by molar-refractivity contribution is -0.345. The minimum absolute atomic E-state index is 0.0474. The second-order valence-corrected chi connectivity index (χ2v) is 18.8. The number of hydrogen-bond donors (Lipinski definition) is 0. The summed E-state index contributed by atoms with van der Waals surface area (Å²) in [5.41, 5.74) is 0.920. The molecule has 3 heterocycles. The van der Waals surface area contributed by atoms with Crippen molar-refractivity contribution < 1.29 is 61.4 Å². The zero-order valence-corrected chi connectivity index (χ0v) is 30.5. The molecular formula is C34H52O13Si. The van der Waals surface area contributed by atoms with Crippen molar-refractivity contribution in [2.24, 2.45) is 0 Å². The Labute approximate surface area is 284 Å². The molecule has 0 amide bonds. The number of esters is 2. The Morgan fingerprint density at radius 3 is 2.15 bits per heavy atom. The van der Waals surface area contributed by atoms with Crippen molar-refractivity contribution in [1.29, 1.82) is 0 Å². The van der Waals surface area contributed by atoms with Gasteiger partial charge in [-0.1, -0.05) is 51.1 Å². The van der Waals surface area contributed by atoms with Crippen LogP contribution in [0.1, 0.15) is 53.0 Å². The van der Waals surface area contributed by atoms with Crippen LogP contribution in [0.4, 0.5) is 0 Å². The first-order chi connectivity index (χ1) is 22.6. The molecule has 14 heteroatoms. The zero-order chi connectivity index (χ0) is 35.2. The van der Waals surface area contributed by atoms with Crippen LogP contribution in [-0.4, -0.2) is 115 Å². The summed E-state index contributed by atoms with van der Waals surface area (Å²) in [4.78, 5) is 36.9. The minimum Gasteiger partial charge on any atom is -0.457 e. The molecule has 3 fully saturated rings. The summed E-state index contributed by atoms with van der Waals surface area (Å²) in [5, 5.41) is -0.106. The third kappa shape index (κ3) is 9.49. The number of hydrogen-bond acceptors (Lipinski definition) is 13. The van der Waals surface area contributed by atoms with Crippen molar-refractivity contribution in [2.45, 2.75) is 134 Å². The molecule has 3 aliphatic rings. The number of methoxy groups -OCH3 is 2. The standard InChI is InChI=1S/C34H52O13Si/c1-20(35)15-16-25(37)46-26-24(19-42-48(8,9)34(3,4)5)45-33(30(39-7)28(26)38-6)47-27-23-18-41-32(44-23)31(29(27)43-21(2)36)40-17-22-13-11-10-12-14-22/h10-14,23-24,26-33H,15-19H2,1-9H3/t23-,24-,26-,27-,28+,29+,30-,31-,32-,33+/m1/s1. The molecule has 10 atom stereocenters. The fourth-order valence-electron chi connectivity index (χ4n) is 5.70. The Morgan fingerprint density at radius 2 is 1.54 bits per heavy atom. The number of benzene rings is 1. The van der Waals surface area contributed by atoms with E-state index >= 15 is 0 Å². The first-order valence-electron chi connectivity index (χ1n) is 16.4. The third-order valence-electron chi connectivity index (χ3n) is 9.39. The van der Waals surface area contributed by atoms with E-state index in [-0.39, 0.29) is 43.5 Å². The predicted molar refractivity (Wildman–Crippen MR) is 173 cm³/mol. The molecule has 0 unspecified atom stereocenters. The molecule has 0 spiro atoms. The second-order valence-electron chi connectivity index (χ2n) is 14.0. The van der Waals surface area contributed by atoms with Gasteiger partial charge in [-0.25, -0.2) is 0 Å². The highest BCUT2D eigenvalue weighted by atomic mass is 28.4. The third-order valence-corrected chi connectivity index (χ3v) is 13.9. The van der Waals surface area contributed by atoms with Gasteiger partial charge < -0.3 is 51.9 Å². The molecule has 1 aromatic rings. The van der Waals surface area contributed by atoms with Gasteiger partial charge in [0.25, 0.3) is 0 Å². The molecule has 0 N–H and O–H groups in total. The molecule has 0 radical (unpaired) electrons. The minimum atomic E-state index is -2.29. The zero-order valence-electron chi connectivity index (χ0n) is 29.5. The molecule has 0 aromatic heterocycles. The lowest BCUT2D eigenvalue weighted by Gasteiger charge is -2.48. The quantitative estimate of drug-likeness (QED) is 0.194. The number of Topliss-reactive ketones (excluding diaryl/α,β-unsaturated/α-hetero) is 1. The van der Waals surface area contributed by atoms with Crippen LogP contribution in [0.25, 0.3) is 0 Å². The monoisotopic (exact) mass is 696 g/mol. The number of rotatable bonds is 15. The molecule has 270 valence electrons. The molecule has 0 aliphatic carbocycles. The van der Waals surface area contributed by atoms with Gasteiger partial charge in [0.15, 0.2) is 33.1 Å². The van der Waals surface area contributed by atoms with Gasteiger partial charge in [0.05, 0.1) is 26.2 Å². The number of ether oxygens (including phenoxy) is 9. The first kappa shape index (κ1) is 38.5. The van der Waals surface area contributed by atoms with Crippen molar-refractivity contribution >= 4 is 26.0 Å². The maximum Gasteiger partial charge on any atom is 0.306 e. The van der Waals surface area contributed by atoms with E-state index in [1.54, 1.807) is 0 Å². The average Bonchev–Trinajstić information content (AvgIpc) is 3.46. The fraction of sp³-hybridized carbons (Fsp3) is 0.735. The van der Waals surface area contributed by atoms with Crippen LogP contribution in [0, 0.1) is 0 Å². The highest BCUT2D eigenvalue weighted by molar-refractivity contribution is 6.74. The van der Waals surface area contributed by atoms with Gasteiger partial charge in [0, 0.05) is 27.6 Å².